The first kappa shape index (κ1) is 14.7. The van der Waals surface area contributed by atoms with Gasteiger partial charge in [-0.05, 0) is 24.0 Å². The molecule has 4 nitrogen and oxygen atoms in total. The highest BCUT2D eigenvalue weighted by molar-refractivity contribution is 5.72. The van der Waals surface area contributed by atoms with E-state index in [1.54, 1.807) is 0 Å². The maximum Gasteiger partial charge on any atom is 0.216 e. The molecule has 0 fully saturated rings. The Bertz CT molecular complexity index is 375. The SMILES string of the molecule is CCc1ccc(C(O)C(O)CCNC(C)=O)cc1. The summed E-state index contributed by atoms with van der Waals surface area (Å²) in [4.78, 5) is 10.7. The smallest absolute Gasteiger partial charge is 0.216 e. The number of aryl methyl sites for hydroxylation is 1. The highest BCUT2D eigenvalue weighted by Crippen LogP contribution is 2.19. The van der Waals surface area contributed by atoms with Crippen LogP contribution in [-0.2, 0) is 11.2 Å². The second-order valence-electron chi connectivity index (χ2n) is 4.38. The third kappa shape index (κ3) is 4.47. The van der Waals surface area contributed by atoms with Crippen molar-refractivity contribution in [3.63, 3.8) is 0 Å². The van der Waals surface area contributed by atoms with Gasteiger partial charge in [-0.1, -0.05) is 31.2 Å². The van der Waals surface area contributed by atoms with E-state index >= 15 is 0 Å². The van der Waals surface area contributed by atoms with E-state index < -0.39 is 12.2 Å². The summed E-state index contributed by atoms with van der Waals surface area (Å²) >= 11 is 0. The molecule has 0 heterocycles. The molecule has 0 radical (unpaired) electrons. The Morgan fingerprint density at radius 3 is 2.39 bits per heavy atom. The fourth-order valence-electron chi connectivity index (χ4n) is 1.73. The predicted octanol–water partition coefficient (Wildman–Crippen LogP) is 1.17. The average molecular weight is 251 g/mol. The van der Waals surface area contributed by atoms with Gasteiger partial charge in [-0.15, -0.1) is 0 Å². The average Bonchev–Trinajstić information content (AvgIpc) is 2.37. The molecule has 0 spiro atoms. The molecule has 0 aliphatic carbocycles. The summed E-state index contributed by atoms with van der Waals surface area (Å²) in [5.41, 5.74) is 1.89. The zero-order chi connectivity index (χ0) is 13.5. The number of amides is 1. The summed E-state index contributed by atoms with van der Waals surface area (Å²) in [5.74, 6) is -0.135. The van der Waals surface area contributed by atoms with Crippen molar-refractivity contribution in [1.82, 2.24) is 5.32 Å². The van der Waals surface area contributed by atoms with Crippen LogP contribution in [0.2, 0.25) is 0 Å². The van der Waals surface area contributed by atoms with Crippen molar-refractivity contribution in [2.24, 2.45) is 0 Å². The van der Waals surface area contributed by atoms with Crippen molar-refractivity contribution in [2.75, 3.05) is 6.54 Å². The van der Waals surface area contributed by atoms with Crippen LogP contribution < -0.4 is 5.32 Å². The van der Waals surface area contributed by atoms with Crippen LogP contribution >= 0.6 is 0 Å². The van der Waals surface area contributed by atoms with Crippen LogP contribution in [0.5, 0.6) is 0 Å². The topological polar surface area (TPSA) is 69.6 Å². The molecular formula is C14H21NO3. The molecule has 1 amide bonds. The Balaban J connectivity index is 2.51. The van der Waals surface area contributed by atoms with Crippen molar-refractivity contribution >= 4 is 5.91 Å². The third-order valence-corrected chi connectivity index (χ3v) is 2.91. The summed E-state index contributed by atoms with van der Waals surface area (Å²) in [6, 6.07) is 7.54. The maximum absolute atomic E-state index is 10.7. The molecular weight excluding hydrogens is 230 g/mol. The summed E-state index contributed by atoms with van der Waals surface area (Å²) < 4.78 is 0. The van der Waals surface area contributed by atoms with Crippen LogP contribution in [0.15, 0.2) is 24.3 Å². The highest BCUT2D eigenvalue weighted by atomic mass is 16.3. The summed E-state index contributed by atoms with van der Waals surface area (Å²) in [6.45, 7) is 3.85. The number of carbonyl (C=O) groups excluding carboxylic acids is 1. The zero-order valence-electron chi connectivity index (χ0n) is 10.9. The van der Waals surface area contributed by atoms with E-state index in [1.807, 2.05) is 24.3 Å². The van der Waals surface area contributed by atoms with Gasteiger partial charge in [-0.25, -0.2) is 0 Å². The van der Waals surface area contributed by atoms with Crippen LogP contribution in [0, 0.1) is 0 Å². The number of aliphatic hydroxyl groups is 2. The van der Waals surface area contributed by atoms with Crippen LogP contribution in [0.25, 0.3) is 0 Å². The van der Waals surface area contributed by atoms with Gasteiger partial charge in [0.15, 0.2) is 0 Å². The Labute approximate surface area is 108 Å². The highest BCUT2D eigenvalue weighted by Gasteiger charge is 2.17. The molecule has 1 aromatic rings. The molecule has 0 aliphatic rings. The van der Waals surface area contributed by atoms with Gasteiger partial charge < -0.3 is 15.5 Å². The Kier molecular flexibility index (Phi) is 5.82. The fraction of sp³-hybridized carbons (Fsp3) is 0.500. The predicted molar refractivity (Wildman–Crippen MR) is 70.1 cm³/mol. The van der Waals surface area contributed by atoms with E-state index in [9.17, 15) is 15.0 Å². The fourth-order valence-corrected chi connectivity index (χ4v) is 1.73. The van der Waals surface area contributed by atoms with Crippen molar-refractivity contribution in [3.05, 3.63) is 35.4 Å². The minimum absolute atomic E-state index is 0.135. The van der Waals surface area contributed by atoms with Crippen molar-refractivity contribution in [2.45, 2.75) is 38.9 Å². The van der Waals surface area contributed by atoms with E-state index in [0.29, 0.717) is 18.5 Å². The Morgan fingerprint density at radius 1 is 1.28 bits per heavy atom. The molecule has 18 heavy (non-hydrogen) atoms. The number of nitrogens with one attached hydrogen (secondary N) is 1. The summed E-state index contributed by atoms with van der Waals surface area (Å²) in [7, 11) is 0. The first-order chi connectivity index (χ1) is 8.54. The van der Waals surface area contributed by atoms with Gasteiger partial charge in [0.25, 0.3) is 0 Å². The molecule has 0 aromatic heterocycles. The van der Waals surface area contributed by atoms with E-state index in [0.717, 1.165) is 6.42 Å². The number of aliphatic hydroxyl groups excluding tert-OH is 2. The quantitative estimate of drug-likeness (QED) is 0.711. The maximum atomic E-state index is 10.7. The molecule has 0 saturated carbocycles. The van der Waals surface area contributed by atoms with E-state index in [2.05, 4.69) is 12.2 Å². The number of hydrogen-bond acceptors (Lipinski definition) is 3. The Hall–Kier alpha value is -1.39. The number of benzene rings is 1. The molecule has 0 aliphatic heterocycles. The number of hydrogen-bond donors (Lipinski definition) is 3. The molecule has 1 rings (SSSR count). The summed E-state index contributed by atoms with van der Waals surface area (Å²) in [6.07, 6.45) is -0.508. The lowest BCUT2D eigenvalue weighted by Gasteiger charge is -2.18. The molecule has 0 saturated heterocycles. The first-order valence-corrected chi connectivity index (χ1v) is 6.24. The van der Waals surface area contributed by atoms with Crippen LogP contribution in [0.4, 0.5) is 0 Å². The van der Waals surface area contributed by atoms with Gasteiger partial charge >= 0.3 is 0 Å². The largest absolute Gasteiger partial charge is 0.390 e. The van der Waals surface area contributed by atoms with E-state index in [-0.39, 0.29) is 5.91 Å². The number of rotatable bonds is 6. The lowest BCUT2D eigenvalue weighted by molar-refractivity contribution is -0.119. The van der Waals surface area contributed by atoms with Crippen LogP contribution in [0.1, 0.15) is 37.5 Å². The zero-order valence-corrected chi connectivity index (χ0v) is 10.9. The number of carbonyl (C=O) groups is 1. The molecule has 100 valence electrons. The van der Waals surface area contributed by atoms with Crippen LogP contribution in [0.3, 0.4) is 0 Å². The second kappa shape index (κ2) is 7.13. The van der Waals surface area contributed by atoms with Crippen molar-refractivity contribution in [3.8, 4) is 0 Å². The van der Waals surface area contributed by atoms with Crippen LogP contribution in [-0.4, -0.2) is 28.8 Å². The molecule has 2 unspecified atom stereocenters. The third-order valence-electron chi connectivity index (χ3n) is 2.91. The molecule has 1 aromatic carbocycles. The van der Waals surface area contributed by atoms with Gasteiger partial charge in [0, 0.05) is 13.5 Å². The van der Waals surface area contributed by atoms with Gasteiger partial charge in [-0.3, -0.25) is 4.79 Å². The molecule has 3 N–H and O–H groups in total. The standard InChI is InChI=1S/C14H21NO3/c1-3-11-4-6-12(7-5-11)14(18)13(17)8-9-15-10(2)16/h4-7,13-14,17-18H,3,8-9H2,1-2H3,(H,15,16). The van der Waals surface area contributed by atoms with Gasteiger partial charge in [0.2, 0.25) is 5.91 Å². The van der Waals surface area contributed by atoms with Gasteiger partial charge in [0.05, 0.1) is 6.10 Å². The first-order valence-electron chi connectivity index (χ1n) is 6.24. The molecule has 4 heteroatoms. The van der Waals surface area contributed by atoms with Crippen molar-refractivity contribution < 1.29 is 15.0 Å². The molecule has 0 bridgehead atoms. The second-order valence-corrected chi connectivity index (χ2v) is 4.38. The van der Waals surface area contributed by atoms with Gasteiger partial charge in [-0.2, -0.15) is 0 Å². The molecule has 2 atom stereocenters. The Morgan fingerprint density at radius 2 is 1.89 bits per heavy atom. The van der Waals surface area contributed by atoms with E-state index in [4.69, 9.17) is 0 Å². The van der Waals surface area contributed by atoms with Crippen molar-refractivity contribution in [1.29, 1.82) is 0 Å². The minimum Gasteiger partial charge on any atom is -0.390 e. The lowest BCUT2D eigenvalue weighted by Crippen LogP contribution is -2.27. The lowest BCUT2D eigenvalue weighted by atomic mass is 10.0. The van der Waals surface area contributed by atoms with E-state index in [1.165, 1.54) is 12.5 Å². The monoisotopic (exact) mass is 251 g/mol. The van der Waals surface area contributed by atoms with Gasteiger partial charge in [0.1, 0.15) is 6.10 Å². The minimum atomic E-state index is -0.912. The summed E-state index contributed by atoms with van der Waals surface area (Å²) in [5, 5.41) is 22.4. The normalized spacial score (nSPS) is 14.0.